The van der Waals surface area contributed by atoms with Gasteiger partial charge in [0.25, 0.3) is 5.91 Å². The predicted molar refractivity (Wildman–Crippen MR) is 89.7 cm³/mol. The van der Waals surface area contributed by atoms with Crippen molar-refractivity contribution < 1.29 is 14.3 Å². The number of hydrogen-bond donors (Lipinski definition) is 1. The Hall–Kier alpha value is -2.08. The first-order valence-electron chi connectivity index (χ1n) is 8.01. The highest BCUT2D eigenvalue weighted by Gasteiger charge is 2.21. The van der Waals surface area contributed by atoms with Crippen LogP contribution in [0, 0.1) is 0 Å². The van der Waals surface area contributed by atoms with Gasteiger partial charge in [-0.3, -0.25) is 9.59 Å². The molecule has 2 amide bonds. The van der Waals surface area contributed by atoms with Gasteiger partial charge < -0.3 is 19.9 Å². The summed E-state index contributed by atoms with van der Waals surface area (Å²) in [5, 5.41) is 2.83. The summed E-state index contributed by atoms with van der Waals surface area (Å²) in [5.41, 5.74) is 0.830. The highest BCUT2D eigenvalue weighted by Crippen LogP contribution is 2.25. The van der Waals surface area contributed by atoms with Crippen molar-refractivity contribution in [2.24, 2.45) is 0 Å². The smallest absolute Gasteiger partial charge is 0.257 e. The normalized spacial score (nSPS) is 14.4. The van der Waals surface area contributed by atoms with Crippen LogP contribution in [-0.2, 0) is 9.59 Å². The number of nitrogens with one attached hydrogen (secondary N) is 1. The Morgan fingerprint density at radius 2 is 2.22 bits per heavy atom. The summed E-state index contributed by atoms with van der Waals surface area (Å²) in [5.74, 6) is 0.609. The molecule has 0 bridgehead atoms. The molecule has 1 N–H and O–H groups in total. The van der Waals surface area contributed by atoms with Gasteiger partial charge in [0.15, 0.2) is 6.61 Å². The number of hydrogen-bond acceptors (Lipinski definition) is 4. The maximum absolute atomic E-state index is 11.8. The molecule has 126 valence electrons. The van der Waals surface area contributed by atoms with Crippen molar-refractivity contribution in [3.8, 4) is 5.75 Å². The maximum atomic E-state index is 11.8. The molecule has 1 aliphatic rings. The fraction of sp³-hybridized carbons (Fsp3) is 0.529. The SMILES string of the molecule is CN(C)CCCNC(=O)COc1cccc(N2CCCC2=O)c1. The number of carbonyl (C=O) groups excluding carboxylic acids is 2. The zero-order valence-corrected chi connectivity index (χ0v) is 13.9. The minimum Gasteiger partial charge on any atom is -0.484 e. The molecule has 0 radical (unpaired) electrons. The lowest BCUT2D eigenvalue weighted by atomic mass is 10.3. The zero-order valence-electron chi connectivity index (χ0n) is 13.9. The molecule has 6 nitrogen and oxygen atoms in total. The molecule has 0 saturated carbocycles. The Morgan fingerprint density at radius 1 is 1.39 bits per heavy atom. The number of ether oxygens (including phenoxy) is 1. The Labute approximate surface area is 137 Å². The Morgan fingerprint density at radius 3 is 2.91 bits per heavy atom. The van der Waals surface area contributed by atoms with Gasteiger partial charge in [-0.2, -0.15) is 0 Å². The molecule has 6 heteroatoms. The Balaban J connectivity index is 1.77. The van der Waals surface area contributed by atoms with Crippen molar-refractivity contribution in [1.29, 1.82) is 0 Å². The van der Waals surface area contributed by atoms with Crippen LogP contribution in [0.15, 0.2) is 24.3 Å². The van der Waals surface area contributed by atoms with E-state index >= 15 is 0 Å². The molecular weight excluding hydrogens is 294 g/mol. The topological polar surface area (TPSA) is 61.9 Å². The fourth-order valence-corrected chi connectivity index (χ4v) is 2.49. The van der Waals surface area contributed by atoms with E-state index in [0.717, 1.165) is 31.6 Å². The summed E-state index contributed by atoms with van der Waals surface area (Å²) < 4.78 is 5.52. The van der Waals surface area contributed by atoms with Crippen LogP contribution < -0.4 is 15.0 Å². The number of rotatable bonds is 8. The van der Waals surface area contributed by atoms with Crippen LogP contribution in [0.5, 0.6) is 5.75 Å². The summed E-state index contributed by atoms with van der Waals surface area (Å²) in [6, 6.07) is 7.33. The lowest BCUT2D eigenvalue weighted by molar-refractivity contribution is -0.123. The number of amides is 2. The van der Waals surface area contributed by atoms with Crippen LogP contribution in [0.2, 0.25) is 0 Å². The molecule has 0 aromatic heterocycles. The van der Waals surface area contributed by atoms with Gasteiger partial charge in [0.2, 0.25) is 5.91 Å². The molecular formula is C17H25N3O3. The van der Waals surface area contributed by atoms with Crippen molar-refractivity contribution in [3.63, 3.8) is 0 Å². The van der Waals surface area contributed by atoms with Crippen LogP contribution in [0.4, 0.5) is 5.69 Å². The van der Waals surface area contributed by atoms with Gasteiger partial charge in [-0.15, -0.1) is 0 Å². The van der Waals surface area contributed by atoms with Crippen LogP contribution >= 0.6 is 0 Å². The largest absolute Gasteiger partial charge is 0.484 e. The van der Waals surface area contributed by atoms with E-state index in [0.29, 0.717) is 18.7 Å². The number of benzene rings is 1. The van der Waals surface area contributed by atoms with Gasteiger partial charge in [-0.25, -0.2) is 0 Å². The quantitative estimate of drug-likeness (QED) is 0.733. The van der Waals surface area contributed by atoms with E-state index in [4.69, 9.17) is 4.74 Å². The van der Waals surface area contributed by atoms with E-state index in [1.165, 1.54) is 0 Å². The molecule has 0 spiro atoms. The van der Waals surface area contributed by atoms with Gasteiger partial charge in [0, 0.05) is 31.3 Å². The first kappa shape index (κ1) is 17.3. The van der Waals surface area contributed by atoms with Crippen LogP contribution in [0.1, 0.15) is 19.3 Å². The third-order valence-corrected chi connectivity index (χ3v) is 3.68. The summed E-state index contributed by atoms with van der Waals surface area (Å²) in [6.07, 6.45) is 2.39. The summed E-state index contributed by atoms with van der Waals surface area (Å²) in [6.45, 7) is 2.31. The molecule has 2 rings (SSSR count). The lowest BCUT2D eigenvalue weighted by Crippen LogP contribution is -2.31. The van der Waals surface area contributed by atoms with E-state index in [9.17, 15) is 9.59 Å². The monoisotopic (exact) mass is 319 g/mol. The second-order valence-corrected chi connectivity index (χ2v) is 5.94. The van der Waals surface area contributed by atoms with Crippen LogP contribution in [0.25, 0.3) is 0 Å². The van der Waals surface area contributed by atoms with Gasteiger partial charge in [0.1, 0.15) is 5.75 Å². The molecule has 0 unspecified atom stereocenters. The van der Waals surface area contributed by atoms with Crippen molar-refractivity contribution in [1.82, 2.24) is 10.2 Å². The average Bonchev–Trinajstić information content (AvgIpc) is 2.96. The first-order valence-corrected chi connectivity index (χ1v) is 8.01. The molecule has 1 heterocycles. The molecule has 1 aromatic rings. The van der Waals surface area contributed by atoms with E-state index in [1.807, 2.05) is 32.3 Å². The number of carbonyl (C=O) groups is 2. The van der Waals surface area contributed by atoms with Crippen LogP contribution in [-0.4, -0.2) is 57.1 Å². The van der Waals surface area contributed by atoms with E-state index in [-0.39, 0.29) is 18.4 Å². The summed E-state index contributed by atoms with van der Waals surface area (Å²) >= 11 is 0. The molecule has 1 aromatic carbocycles. The molecule has 1 aliphatic heterocycles. The maximum Gasteiger partial charge on any atom is 0.257 e. The highest BCUT2D eigenvalue weighted by molar-refractivity contribution is 5.95. The van der Waals surface area contributed by atoms with Gasteiger partial charge >= 0.3 is 0 Å². The average molecular weight is 319 g/mol. The van der Waals surface area contributed by atoms with Gasteiger partial charge in [-0.05, 0) is 45.6 Å². The van der Waals surface area contributed by atoms with Gasteiger partial charge in [-0.1, -0.05) is 6.07 Å². The third-order valence-electron chi connectivity index (χ3n) is 3.68. The van der Waals surface area contributed by atoms with Crippen LogP contribution in [0.3, 0.4) is 0 Å². The molecule has 0 atom stereocenters. The standard InChI is InChI=1S/C17H25N3O3/c1-19(2)10-5-9-18-16(21)13-23-15-7-3-6-14(12-15)20-11-4-8-17(20)22/h3,6-7,12H,4-5,8-11,13H2,1-2H3,(H,18,21). The summed E-state index contributed by atoms with van der Waals surface area (Å²) in [7, 11) is 4.01. The van der Waals surface area contributed by atoms with Crippen molar-refractivity contribution in [2.45, 2.75) is 19.3 Å². The third kappa shape index (κ3) is 5.56. The van der Waals surface area contributed by atoms with Crippen molar-refractivity contribution in [3.05, 3.63) is 24.3 Å². The number of anilines is 1. The molecule has 0 aliphatic carbocycles. The van der Waals surface area contributed by atoms with Crippen molar-refractivity contribution >= 4 is 17.5 Å². The second-order valence-electron chi connectivity index (χ2n) is 5.94. The van der Waals surface area contributed by atoms with E-state index in [1.54, 1.807) is 11.0 Å². The lowest BCUT2D eigenvalue weighted by Gasteiger charge is -2.16. The van der Waals surface area contributed by atoms with Gasteiger partial charge in [0.05, 0.1) is 0 Å². The Bertz CT molecular complexity index is 546. The fourth-order valence-electron chi connectivity index (χ4n) is 2.49. The minimum atomic E-state index is -0.133. The minimum absolute atomic E-state index is 0.0145. The highest BCUT2D eigenvalue weighted by atomic mass is 16.5. The number of nitrogens with zero attached hydrogens (tertiary/aromatic N) is 2. The molecule has 1 saturated heterocycles. The summed E-state index contributed by atoms with van der Waals surface area (Å²) in [4.78, 5) is 27.3. The molecule has 1 fully saturated rings. The van der Waals surface area contributed by atoms with Crippen molar-refractivity contribution in [2.75, 3.05) is 45.2 Å². The van der Waals surface area contributed by atoms with E-state index < -0.39 is 0 Å². The predicted octanol–water partition coefficient (Wildman–Crippen LogP) is 1.26. The first-order chi connectivity index (χ1) is 11.1. The van der Waals surface area contributed by atoms with E-state index in [2.05, 4.69) is 10.2 Å². The zero-order chi connectivity index (χ0) is 16.7. The second kappa shape index (κ2) is 8.53. The molecule has 23 heavy (non-hydrogen) atoms. The Kier molecular flexibility index (Phi) is 6.40.